The number of carboxylic acid groups (broad SMARTS) is 1. The maximum absolute atomic E-state index is 12.5. The molecule has 7 nitrogen and oxygen atoms in total. The first-order chi connectivity index (χ1) is 16.6. The minimum atomic E-state index is -5.08. The first-order valence-corrected chi connectivity index (χ1v) is 11.0. The highest BCUT2D eigenvalue weighted by atomic mass is 35.5. The van der Waals surface area contributed by atoms with Crippen LogP contribution in [0.5, 0.6) is 5.75 Å². The number of anilines is 1. The predicted octanol–water partition coefficient (Wildman–Crippen LogP) is 4.47. The van der Waals surface area contributed by atoms with Crippen LogP contribution in [0.15, 0.2) is 54.7 Å². The number of aromatic nitrogens is 1. The number of methoxy groups -OCH3 is 1. The highest BCUT2D eigenvalue weighted by Crippen LogP contribution is 2.29. The lowest BCUT2D eigenvalue weighted by molar-refractivity contribution is -0.192. The number of benzene rings is 2. The second-order valence-corrected chi connectivity index (χ2v) is 8.26. The van der Waals surface area contributed by atoms with Gasteiger partial charge in [0.15, 0.2) is 0 Å². The van der Waals surface area contributed by atoms with Crippen LogP contribution in [0.4, 0.5) is 18.9 Å². The number of hydrogen-bond donors (Lipinski definition) is 2. The van der Waals surface area contributed by atoms with Crippen molar-refractivity contribution in [3.63, 3.8) is 0 Å². The van der Waals surface area contributed by atoms with Crippen molar-refractivity contribution in [2.75, 3.05) is 25.1 Å². The summed E-state index contributed by atoms with van der Waals surface area (Å²) in [6.07, 6.45) is -2.01. The Balaban J connectivity index is 0.000000429. The highest BCUT2D eigenvalue weighted by Gasteiger charge is 2.38. The molecule has 1 aromatic heterocycles. The number of rotatable bonds is 5. The van der Waals surface area contributed by atoms with Crippen LogP contribution in [-0.4, -0.2) is 54.4 Å². The number of hydrogen-bond acceptors (Lipinski definition) is 5. The average molecular weight is 510 g/mol. The summed E-state index contributed by atoms with van der Waals surface area (Å²) in [5.41, 5.74) is 2.96. The fraction of sp³-hybridized carbons (Fsp3) is 0.292. The van der Waals surface area contributed by atoms with Crippen LogP contribution < -0.4 is 15.0 Å². The maximum Gasteiger partial charge on any atom is 0.490 e. The number of nitrogens with zero attached hydrogens (tertiary/aromatic N) is 2. The van der Waals surface area contributed by atoms with Crippen LogP contribution in [-0.2, 0) is 16.0 Å². The molecule has 186 valence electrons. The minimum absolute atomic E-state index is 0.0338. The van der Waals surface area contributed by atoms with E-state index in [-0.39, 0.29) is 11.9 Å². The van der Waals surface area contributed by atoms with E-state index in [2.05, 4.69) is 15.2 Å². The van der Waals surface area contributed by atoms with E-state index >= 15 is 0 Å². The molecule has 1 amide bonds. The van der Waals surface area contributed by atoms with Crippen molar-refractivity contribution < 1.29 is 32.6 Å². The standard InChI is InChI=1S/C22H22ClN3O2.C2HF3O2/c1-28-18-4-2-3-15(11-18)12-22(27)25-17-8-10-26(14-17)21-7-9-24-20-13-16(23)5-6-19(20)21;3-2(4,5)1(6)7/h2-7,9,11,13,17H,8,10,12,14H2,1H3,(H,25,27);(H,6,7). The van der Waals surface area contributed by atoms with Gasteiger partial charge in [-0.1, -0.05) is 23.7 Å². The van der Waals surface area contributed by atoms with Gasteiger partial charge in [0.05, 0.1) is 19.0 Å². The summed E-state index contributed by atoms with van der Waals surface area (Å²) in [5, 5.41) is 12.0. The Bertz CT molecular complexity index is 1210. The second-order valence-electron chi connectivity index (χ2n) is 7.82. The molecule has 1 unspecified atom stereocenters. The monoisotopic (exact) mass is 509 g/mol. The normalized spacial score (nSPS) is 15.3. The number of ether oxygens (including phenoxy) is 1. The van der Waals surface area contributed by atoms with E-state index in [0.29, 0.717) is 11.4 Å². The zero-order valence-corrected chi connectivity index (χ0v) is 19.4. The smallest absolute Gasteiger partial charge is 0.490 e. The molecule has 0 saturated carbocycles. The number of carbonyl (C=O) groups is 2. The van der Waals surface area contributed by atoms with Crippen molar-refractivity contribution in [1.29, 1.82) is 0 Å². The number of fused-ring (bicyclic) bond motifs is 1. The second kappa shape index (κ2) is 11.3. The van der Waals surface area contributed by atoms with Gasteiger partial charge in [0.25, 0.3) is 0 Å². The Morgan fingerprint density at radius 2 is 1.97 bits per heavy atom. The predicted molar refractivity (Wildman–Crippen MR) is 126 cm³/mol. The molecule has 1 fully saturated rings. The molecular weight excluding hydrogens is 487 g/mol. The minimum Gasteiger partial charge on any atom is -0.497 e. The third-order valence-electron chi connectivity index (χ3n) is 5.32. The number of carboxylic acids is 1. The lowest BCUT2D eigenvalue weighted by atomic mass is 10.1. The largest absolute Gasteiger partial charge is 0.497 e. The number of halogens is 4. The van der Waals surface area contributed by atoms with Crippen LogP contribution >= 0.6 is 11.6 Å². The SMILES string of the molecule is COc1cccc(CC(=O)NC2CCN(c3ccnc4cc(Cl)ccc34)C2)c1.O=C(O)C(F)(F)F. The van der Waals surface area contributed by atoms with E-state index in [1.54, 1.807) is 7.11 Å². The van der Waals surface area contributed by atoms with E-state index < -0.39 is 12.1 Å². The number of amides is 1. The first kappa shape index (κ1) is 26.1. The summed E-state index contributed by atoms with van der Waals surface area (Å²) in [5.74, 6) is -1.96. The zero-order valence-electron chi connectivity index (χ0n) is 18.7. The van der Waals surface area contributed by atoms with Crippen LogP contribution in [0.3, 0.4) is 0 Å². The maximum atomic E-state index is 12.5. The molecule has 1 atom stereocenters. The van der Waals surface area contributed by atoms with Gasteiger partial charge in [-0.15, -0.1) is 0 Å². The van der Waals surface area contributed by atoms with Gasteiger partial charge in [0.2, 0.25) is 5.91 Å². The lowest BCUT2D eigenvalue weighted by Crippen LogP contribution is -2.38. The van der Waals surface area contributed by atoms with Crippen LogP contribution in [0.25, 0.3) is 10.9 Å². The molecule has 1 saturated heterocycles. The number of carbonyl (C=O) groups excluding carboxylic acids is 1. The van der Waals surface area contributed by atoms with Crippen LogP contribution in [0, 0.1) is 0 Å². The van der Waals surface area contributed by atoms with E-state index in [0.717, 1.165) is 47.4 Å². The van der Waals surface area contributed by atoms with Crippen molar-refractivity contribution in [2.45, 2.75) is 25.1 Å². The number of alkyl halides is 3. The first-order valence-electron chi connectivity index (χ1n) is 10.6. The van der Waals surface area contributed by atoms with E-state index in [1.807, 2.05) is 54.7 Å². The molecule has 3 aromatic rings. The van der Waals surface area contributed by atoms with Crippen molar-refractivity contribution >= 4 is 40.1 Å². The van der Waals surface area contributed by atoms with Crippen LogP contribution in [0.1, 0.15) is 12.0 Å². The van der Waals surface area contributed by atoms with Gasteiger partial charge in [0, 0.05) is 41.4 Å². The molecule has 1 aliphatic rings. The third kappa shape index (κ3) is 7.22. The third-order valence-corrected chi connectivity index (χ3v) is 5.55. The molecule has 0 radical (unpaired) electrons. The van der Waals surface area contributed by atoms with Gasteiger partial charge in [-0.2, -0.15) is 13.2 Å². The molecule has 2 heterocycles. The van der Waals surface area contributed by atoms with E-state index in [4.69, 9.17) is 26.2 Å². The van der Waals surface area contributed by atoms with Gasteiger partial charge < -0.3 is 20.1 Å². The molecular formula is C24H23ClF3N3O4. The quantitative estimate of drug-likeness (QED) is 0.527. The zero-order chi connectivity index (χ0) is 25.6. The van der Waals surface area contributed by atoms with Crippen molar-refractivity contribution in [2.24, 2.45) is 0 Å². The molecule has 2 aromatic carbocycles. The van der Waals surface area contributed by atoms with Gasteiger partial charge in [-0.3, -0.25) is 9.78 Å². The topological polar surface area (TPSA) is 91.8 Å². The van der Waals surface area contributed by atoms with Gasteiger partial charge in [0.1, 0.15) is 5.75 Å². The van der Waals surface area contributed by atoms with E-state index in [9.17, 15) is 18.0 Å². The van der Waals surface area contributed by atoms with Crippen molar-refractivity contribution in [3.05, 3.63) is 65.3 Å². The Labute approximate surface area is 204 Å². The Morgan fingerprint density at radius 1 is 1.23 bits per heavy atom. The summed E-state index contributed by atoms with van der Waals surface area (Å²) in [6.45, 7) is 1.68. The van der Waals surface area contributed by atoms with E-state index in [1.165, 1.54) is 0 Å². The fourth-order valence-corrected chi connectivity index (χ4v) is 3.89. The summed E-state index contributed by atoms with van der Waals surface area (Å²) in [6, 6.07) is 15.6. The number of nitrogens with one attached hydrogen (secondary N) is 1. The van der Waals surface area contributed by atoms with Gasteiger partial charge in [-0.25, -0.2) is 4.79 Å². The molecule has 2 N–H and O–H groups in total. The van der Waals surface area contributed by atoms with Crippen LogP contribution in [0.2, 0.25) is 5.02 Å². The molecule has 1 aliphatic heterocycles. The highest BCUT2D eigenvalue weighted by molar-refractivity contribution is 6.31. The van der Waals surface area contributed by atoms with Gasteiger partial charge in [-0.05, 0) is 48.4 Å². The summed E-state index contributed by atoms with van der Waals surface area (Å²) < 4.78 is 37.0. The molecule has 0 aliphatic carbocycles. The fourth-order valence-electron chi connectivity index (χ4n) is 3.73. The Hall–Kier alpha value is -3.53. The number of aliphatic carboxylic acids is 1. The van der Waals surface area contributed by atoms with Crippen molar-refractivity contribution in [3.8, 4) is 5.75 Å². The molecule has 11 heteroatoms. The van der Waals surface area contributed by atoms with Gasteiger partial charge >= 0.3 is 12.1 Å². The van der Waals surface area contributed by atoms with Crippen molar-refractivity contribution in [1.82, 2.24) is 10.3 Å². The number of pyridine rings is 1. The summed E-state index contributed by atoms with van der Waals surface area (Å²) in [4.78, 5) is 28.1. The molecule has 35 heavy (non-hydrogen) atoms. The molecule has 0 bridgehead atoms. The summed E-state index contributed by atoms with van der Waals surface area (Å²) >= 11 is 6.09. The Kier molecular flexibility index (Phi) is 8.39. The average Bonchev–Trinajstić information content (AvgIpc) is 3.26. The molecule has 4 rings (SSSR count). The molecule has 0 spiro atoms. The summed E-state index contributed by atoms with van der Waals surface area (Å²) in [7, 11) is 1.63. The lowest BCUT2D eigenvalue weighted by Gasteiger charge is -2.21. The Morgan fingerprint density at radius 3 is 2.66 bits per heavy atom.